The summed E-state index contributed by atoms with van der Waals surface area (Å²) in [6, 6.07) is -0.194. The van der Waals surface area contributed by atoms with Crippen LogP contribution < -0.4 is 5.73 Å². The van der Waals surface area contributed by atoms with Crippen molar-refractivity contribution < 1.29 is 13.6 Å². The quantitative estimate of drug-likeness (QED) is 0.595. The summed E-state index contributed by atoms with van der Waals surface area (Å²) in [5.41, 5.74) is 7.35. The summed E-state index contributed by atoms with van der Waals surface area (Å²) >= 11 is 0. The van der Waals surface area contributed by atoms with Crippen LogP contribution in [0.1, 0.15) is 33.1 Å². The molecule has 1 unspecified atom stereocenters. The number of nitrogens with two attached hydrogens (primary N) is 1. The predicted molar refractivity (Wildman–Crippen MR) is 86.6 cm³/mol. The molecule has 130 valence electrons. The third-order valence-electron chi connectivity index (χ3n) is 5.33. The molecule has 2 rings (SSSR count). The minimum Gasteiger partial charge on any atom is -0.400 e. The van der Waals surface area contributed by atoms with E-state index >= 15 is 0 Å². The normalized spacial score (nSPS) is 25.1. The van der Waals surface area contributed by atoms with Crippen LogP contribution >= 0.6 is 0 Å². The summed E-state index contributed by atoms with van der Waals surface area (Å²) in [5, 5.41) is 0. The highest BCUT2D eigenvalue weighted by molar-refractivity contribution is 6.02. The number of aliphatic imine (C=N–C) groups is 1. The zero-order chi connectivity index (χ0) is 17.4. The van der Waals surface area contributed by atoms with Gasteiger partial charge in [0.1, 0.15) is 0 Å². The van der Waals surface area contributed by atoms with Crippen LogP contribution in [-0.4, -0.2) is 66.6 Å². The largest absolute Gasteiger partial charge is 0.400 e. The van der Waals surface area contributed by atoms with Gasteiger partial charge in [0.2, 0.25) is 6.41 Å². The predicted octanol–water partition coefficient (Wildman–Crippen LogP) is 1.64. The highest BCUT2D eigenvalue weighted by Crippen LogP contribution is 2.52. The van der Waals surface area contributed by atoms with Gasteiger partial charge in [0.25, 0.3) is 5.92 Å². The maximum atomic E-state index is 13.9. The highest BCUT2D eigenvalue weighted by Gasteiger charge is 2.61. The van der Waals surface area contributed by atoms with Crippen LogP contribution in [0.4, 0.5) is 8.78 Å². The summed E-state index contributed by atoms with van der Waals surface area (Å²) in [6.45, 7) is 3.75. The second-order valence-electron chi connectivity index (χ2n) is 6.65. The minimum atomic E-state index is -2.74. The van der Waals surface area contributed by atoms with E-state index < -0.39 is 11.5 Å². The van der Waals surface area contributed by atoms with Crippen LogP contribution in [0, 0.1) is 0 Å². The molecule has 0 aromatic heterocycles. The molecule has 1 aliphatic heterocycles. The molecule has 0 spiro atoms. The third kappa shape index (κ3) is 3.11. The lowest BCUT2D eigenvalue weighted by molar-refractivity contribution is -0.119. The highest BCUT2D eigenvalue weighted by atomic mass is 19.3. The second-order valence-corrected chi connectivity index (χ2v) is 6.65. The lowest BCUT2D eigenvalue weighted by Gasteiger charge is -2.36. The Labute approximate surface area is 136 Å². The lowest BCUT2D eigenvalue weighted by atomic mass is 9.95. The third-order valence-corrected chi connectivity index (χ3v) is 5.33. The van der Waals surface area contributed by atoms with Gasteiger partial charge in [-0.05, 0) is 38.8 Å². The van der Waals surface area contributed by atoms with Gasteiger partial charge in [0, 0.05) is 32.8 Å². The Kier molecular flexibility index (Phi) is 4.80. The molecule has 1 heterocycles. The first-order valence-corrected chi connectivity index (χ1v) is 7.92. The Morgan fingerprint density at radius 1 is 1.57 bits per heavy atom. The second kappa shape index (κ2) is 6.19. The SMILES string of the molecule is CN=C(CN(C)C1(C(C)(F)F)CC1)C1=C(N)C(C)N(C=O)CC1. The smallest absolute Gasteiger partial charge is 0.263 e. The number of carbonyl (C=O) groups is 1. The van der Waals surface area contributed by atoms with Gasteiger partial charge >= 0.3 is 0 Å². The molecule has 1 fully saturated rings. The minimum absolute atomic E-state index is 0.194. The van der Waals surface area contributed by atoms with Crippen LogP contribution in [0.25, 0.3) is 0 Å². The first-order valence-electron chi connectivity index (χ1n) is 7.92. The molecule has 2 N–H and O–H groups in total. The number of hydrogen-bond donors (Lipinski definition) is 1. The van der Waals surface area contributed by atoms with E-state index in [1.54, 1.807) is 23.9 Å². The molecule has 0 radical (unpaired) electrons. The van der Waals surface area contributed by atoms with Crippen molar-refractivity contribution in [3.05, 3.63) is 11.3 Å². The molecule has 0 aromatic carbocycles. The molecule has 0 saturated heterocycles. The van der Waals surface area contributed by atoms with Crippen LogP contribution in [0.2, 0.25) is 0 Å². The van der Waals surface area contributed by atoms with Gasteiger partial charge in [-0.3, -0.25) is 14.7 Å². The first-order chi connectivity index (χ1) is 10.7. The van der Waals surface area contributed by atoms with Crippen molar-refractivity contribution in [2.75, 3.05) is 27.2 Å². The molecular formula is C16H26F2N4O. The van der Waals surface area contributed by atoms with Crippen LogP contribution in [0.15, 0.2) is 16.3 Å². The molecule has 23 heavy (non-hydrogen) atoms. The van der Waals surface area contributed by atoms with E-state index in [1.807, 2.05) is 6.92 Å². The monoisotopic (exact) mass is 328 g/mol. The zero-order valence-electron chi connectivity index (χ0n) is 14.3. The average Bonchev–Trinajstić information content (AvgIpc) is 3.29. The van der Waals surface area contributed by atoms with Gasteiger partial charge in [-0.25, -0.2) is 8.78 Å². The van der Waals surface area contributed by atoms with Crippen molar-refractivity contribution >= 4 is 12.1 Å². The van der Waals surface area contributed by atoms with E-state index in [1.165, 1.54) is 0 Å². The van der Waals surface area contributed by atoms with E-state index in [0.717, 1.165) is 24.6 Å². The Balaban J connectivity index is 2.19. The van der Waals surface area contributed by atoms with E-state index in [4.69, 9.17) is 5.73 Å². The van der Waals surface area contributed by atoms with Crippen molar-refractivity contribution in [1.29, 1.82) is 0 Å². The molecule has 1 atom stereocenters. The van der Waals surface area contributed by atoms with Crippen LogP contribution in [0.3, 0.4) is 0 Å². The molecule has 1 saturated carbocycles. The molecule has 7 heteroatoms. The van der Waals surface area contributed by atoms with E-state index in [-0.39, 0.29) is 6.04 Å². The van der Waals surface area contributed by atoms with Gasteiger partial charge in [-0.2, -0.15) is 0 Å². The van der Waals surface area contributed by atoms with Gasteiger partial charge in [-0.1, -0.05) is 0 Å². The van der Waals surface area contributed by atoms with Gasteiger partial charge < -0.3 is 10.6 Å². The number of rotatable bonds is 6. The topological polar surface area (TPSA) is 61.9 Å². The first kappa shape index (κ1) is 17.8. The van der Waals surface area contributed by atoms with Crippen LogP contribution in [-0.2, 0) is 4.79 Å². The number of carbonyl (C=O) groups excluding carboxylic acids is 1. The number of nitrogens with zero attached hydrogens (tertiary/aromatic N) is 3. The van der Waals surface area contributed by atoms with E-state index in [2.05, 4.69) is 4.99 Å². The Bertz CT molecular complexity index is 535. The molecule has 1 aliphatic carbocycles. The van der Waals surface area contributed by atoms with Gasteiger partial charge in [-0.15, -0.1) is 0 Å². The molecule has 2 aliphatic rings. The van der Waals surface area contributed by atoms with Crippen molar-refractivity contribution in [2.24, 2.45) is 10.7 Å². The number of halogens is 2. The summed E-state index contributed by atoms with van der Waals surface area (Å²) in [5.74, 6) is -2.74. The fourth-order valence-electron chi connectivity index (χ4n) is 3.42. The number of hydrogen-bond acceptors (Lipinski definition) is 4. The van der Waals surface area contributed by atoms with Crippen molar-refractivity contribution in [2.45, 2.75) is 50.6 Å². The number of alkyl halides is 2. The van der Waals surface area contributed by atoms with Crippen molar-refractivity contribution in [3.63, 3.8) is 0 Å². The van der Waals surface area contributed by atoms with Crippen molar-refractivity contribution in [1.82, 2.24) is 9.80 Å². The maximum Gasteiger partial charge on any atom is 0.263 e. The maximum absolute atomic E-state index is 13.9. The molecule has 5 nitrogen and oxygen atoms in total. The van der Waals surface area contributed by atoms with Crippen molar-refractivity contribution in [3.8, 4) is 0 Å². The fourth-order valence-corrected chi connectivity index (χ4v) is 3.42. The number of amides is 1. The Morgan fingerprint density at radius 2 is 2.17 bits per heavy atom. The lowest BCUT2D eigenvalue weighted by Crippen LogP contribution is -2.49. The Morgan fingerprint density at radius 3 is 2.61 bits per heavy atom. The van der Waals surface area contributed by atoms with Crippen LogP contribution in [0.5, 0.6) is 0 Å². The zero-order valence-corrected chi connectivity index (χ0v) is 14.3. The molecule has 0 aromatic rings. The molecule has 0 bridgehead atoms. The summed E-state index contributed by atoms with van der Waals surface area (Å²) < 4.78 is 27.8. The fraction of sp³-hybridized carbons (Fsp3) is 0.750. The standard InChI is InChI=1S/C16H26F2N4O/c1-11-14(19)12(5-8-22(11)10-23)13(20-3)9-21(4)16(6-7-16)15(2,17)18/h10-11H,5-9,19H2,1-4H3. The van der Waals surface area contributed by atoms with E-state index in [0.29, 0.717) is 38.0 Å². The summed E-state index contributed by atoms with van der Waals surface area (Å²) in [7, 11) is 3.38. The molecular weight excluding hydrogens is 302 g/mol. The molecule has 1 amide bonds. The average molecular weight is 328 g/mol. The van der Waals surface area contributed by atoms with E-state index in [9.17, 15) is 13.6 Å². The van der Waals surface area contributed by atoms with Gasteiger partial charge in [0.15, 0.2) is 0 Å². The summed E-state index contributed by atoms with van der Waals surface area (Å²) in [6.07, 6.45) is 2.38. The van der Waals surface area contributed by atoms with Gasteiger partial charge in [0.05, 0.1) is 17.3 Å². The Hall–Kier alpha value is -1.50. The summed E-state index contributed by atoms with van der Waals surface area (Å²) in [4.78, 5) is 18.6.